The van der Waals surface area contributed by atoms with Crippen LogP contribution in [0.3, 0.4) is 0 Å². The van der Waals surface area contributed by atoms with Crippen LogP contribution in [0.2, 0.25) is 0 Å². The zero-order valence-electron chi connectivity index (χ0n) is 13.3. The average Bonchev–Trinajstić information content (AvgIpc) is 2.56. The van der Waals surface area contributed by atoms with Gasteiger partial charge in [0.1, 0.15) is 0 Å². The standard InChI is InChI=1S/C19H21IN2O/c1-14-5-2-3-12-22(14)18-10-8-17(9-11-18)21-19(23)15-6-4-7-16(20)13-15/h4,6-11,13-14H,2-3,5,12H2,1H3,(H,21,23)/t14-/m0/s1. The van der Waals surface area contributed by atoms with E-state index in [1.165, 1.54) is 24.9 Å². The van der Waals surface area contributed by atoms with E-state index in [4.69, 9.17) is 0 Å². The number of piperidine rings is 1. The zero-order valence-corrected chi connectivity index (χ0v) is 15.4. The first-order chi connectivity index (χ1) is 11.1. The van der Waals surface area contributed by atoms with Crippen molar-refractivity contribution < 1.29 is 4.79 Å². The van der Waals surface area contributed by atoms with Gasteiger partial charge in [-0.15, -0.1) is 0 Å². The first-order valence-corrected chi connectivity index (χ1v) is 9.15. The molecule has 1 amide bonds. The Morgan fingerprint density at radius 2 is 1.96 bits per heavy atom. The Bertz CT molecular complexity index is 684. The number of nitrogens with one attached hydrogen (secondary N) is 1. The van der Waals surface area contributed by atoms with Crippen LogP contribution >= 0.6 is 22.6 Å². The number of halogens is 1. The molecule has 1 fully saturated rings. The van der Waals surface area contributed by atoms with Gasteiger partial charge in [0, 0.05) is 33.1 Å². The second kappa shape index (κ2) is 7.34. The first kappa shape index (κ1) is 16.3. The van der Waals surface area contributed by atoms with Gasteiger partial charge in [0.05, 0.1) is 0 Å². The Morgan fingerprint density at radius 3 is 2.65 bits per heavy atom. The molecule has 1 heterocycles. The number of nitrogens with zero attached hydrogens (tertiary/aromatic N) is 1. The molecule has 2 aromatic rings. The monoisotopic (exact) mass is 420 g/mol. The van der Waals surface area contributed by atoms with Crippen LogP contribution in [0.4, 0.5) is 11.4 Å². The van der Waals surface area contributed by atoms with Crippen LogP contribution < -0.4 is 10.2 Å². The van der Waals surface area contributed by atoms with E-state index in [9.17, 15) is 4.79 Å². The molecular weight excluding hydrogens is 399 g/mol. The maximum absolute atomic E-state index is 12.3. The second-order valence-electron chi connectivity index (χ2n) is 6.05. The van der Waals surface area contributed by atoms with Crippen LogP contribution in [0, 0.1) is 3.57 Å². The Morgan fingerprint density at radius 1 is 1.17 bits per heavy atom. The smallest absolute Gasteiger partial charge is 0.255 e. The van der Waals surface area contributed by atoms with Crippen molar-refractivity contribution in [2.24, 2.45) is 0 Å². The van der Waals surface area contributed by atoms with Crippen molar-refractivity contribution in [1.82, 2.24) is 0 Å². The van der Waals surface area contributed by atoms with Gasteiger partial charge >= 0.3 is 0 Å². The zero-order chi connectivity index (χ0) is 16.2. The summed E-state index contributed by atoms with van der Waals surface area (Å²) in [6.45, 7) is 3.40. The fraction of sp³-hybridized carbons (Fsp3) is 0.316. The predicted molar refractivity (Wildman–Crippen MR) is 104 cm³/mol. The summed E-state index contributed by atoms with van der Waals surface area (Å²) in [7, 11) is 0. The third-order valence-electron chi connectivity index (χ3n) is 4.35. The van der Waals surface area contributed by atoms with Crippen LogP contribution in [0.5, 0.6) is 0 Å². The summed E-state index contributed by atoms with van der Waals surface area (Å²) in [5.74, 6) is -0.0670. The Labute approximate surface area is 151 Å². The summed E-state index contributed by atoms with van der Waals surface area (Å²) >= 11 is 2.22. The minimum absolute atomic E-state index is 0.0670. The number of anilines is 2. The van der Waals surface area contributed by atoms with Gasteiger partial charge in [-0.1, -0.05) is 6.07 Å². The number of benzene rings is 2. The highest BCUT2D eigenvalue weighted by molar-refractivity contribution is 14.1. The maximum atomic E-state index is 12.3. The maximum Gasteiger partial charge on any atom is 0.255 e. The lowest BCUT2D eigenvalue weighted by Crippen LogP contribution is -2.37. The van der Waals surface area contributed by atoms with E-state index < -0.39 is 0 Å². The molecule has 4 heteroatoms. The minimum atomic E-state index is -0.0670. The van der Waals surface area contributed by atoms with E-state index in [2.05, 4.69) is 51.9 Å². The highest BCUT2D eigenvalue weighted by Gasteiger charge is 2.18. The van der Waals surface area contributed by atoms with E-state index in [1.807, 2.05) is 36.4 Å². The molecule has 0 unspecified atom stereocenters. The predicted octanol–water partition coefficient (Wildman–Crippen LogP) is 4.92. The molecule has 1 aliphatic rings. The van der Waals surface area contributed by atoms with Crippen LogP contribution in [0.1, 0.15) is 36.5 Å². The second-order valence-corrected chi connectivity index (χ2v) is 7.30. The molecule has 1 atom stereocenters. The Hall–Kier alpha value is -1.56. The normalized spacial score (nSPS) is 17.8. The molecule has 0 bridgehead atoms. The number of carbonyl (C=O) groups excluding carboxylic acids is 1. The minimum Gasteiger partial charge on any atom is -0.369 e. The molecule has 1 saturated heterocycles. The highest BCUT2D eigenvalue weighted by atomic mass is 127. The van der Waals surface area contributed by atoms with Crippen molar-refractivity contribution in [2.75, 3.05) is 16.8 Å². The van der Waals surface area contributed by atoms with Crippen LogP contribution in [-0.2, 0) is 0 Å². The number of carbonyl (C=O) groups is 1. The lowest BCUT2D eigenvalue weighted by atomic mass is 10.0. The molecule has 120 valence electrons. The van der Waals surface area contributed by atoms with Crippen molar-refractivity contribution >= 4 is 39.9 Å². The molecular formula is C19H21IN2O. The van der Waals surface area contributed by atoms with Crippen LogP contribution in [-0.4, -0.2) is 18.5 Å². The molecule has 0 saturated carbocycles. The Kier molecular flexibility index (Phi) is 5.20. The quantitative estimate of drug-likeness (QED) is 0.715. The van der Waals surface area contributed by atoms with E-state index >= 15 is 0 Å². The summed E-state index contributed by atoms with van der Waals surface area (Å²) < 4.78 is 1.06. The van der Waals surface area contributed by atoms with Gasteiger partial charge in [0.25, 0.3) is 5.91 Å². The number of amides is 1. The first-order valence-electron chi connectivity index (χ1n) is 8.07. The summed E-state index contributed by atoms with van der Waals surface area (Å²) in [5, 5.41) is 2.97. The van der Waals surface area contributed by atoms with Gasteiger partial charge in [-0.05, 0) is 91.2 Å². The van der Waals surface area contributed by atoms with E-state index in [0.29, 0.717) is 11.6 Å². The van der Waals surface area contributed by atoms with Crippen LogP contribution in [0.25, 0.3) is 0 Å². The molecule has 3 rings (SSSR count). The SMILES string of the molecule is C[C@H]1CCCCN1c1ccc(NC(=O)c2cccc(I)c2)cc1. The highest BCUT2D eigenvalue weighted by Crippen LogP contribution is 2.26. The average molecular weight is 420 g/mol. The molecule has 1 N–H and O–H groups in total. The molecule has 3 nitrogen and oxygen atoms in total. The molecule has 23 heavy (non-hydrogen) atoms. The van der Waals surface area contributed by atoms with Crippen molar-refractivity contribution in [1.29, 1.82) is 0 Å². The summed E-state index contributed by atoms with van der Waals surface area (Å²) in [6, 6.07) is 16.4. The molecule has 0 radical (unpaired) electrons. The van der Waals surface area contributed by atoms with E-state index in [0.717, 1.165) is 15.8 Å². The summed E-state index contributed by atoms with van der Waals surface area (Å²) in [4.78, 5) is 14.7. The third kappa shape index (κ3) is 4.05. The van der Waals surface area contributed by atoms with Gasteiger partial charge in [-0.3, -0.25) is 4.79 Å². The largest absolute Gasteiger partial charge is 0.369 e. The molecule has 1 aliphatic heterocycles. The van der Waals surface area contributed by atoms with E-state index in [-0.39, 0.29) is 5.91 Å². The van der Waals surface area contributed by atoms with E-state index in [1.54, 1.807) is 0 Å². The van der Waals surface area contributed by atoms with Gasteiger partial charge in [0.15, 0.2) is 0 Å². The van der Waals surface area contributed by atoms with Crippen molar-refractivity contribution in [2.45, 2.75) is 32.2 Å². The van der Waals surface area contributed by atoms with Gasteiger partial charge < -0.3 is 10.2 Å². The number of hydrogen-bond acceptors (Lipinski definition) is 2. The summed E-state index contributed by atoms with van der Waals surface area (Å²) in [6.07, 6.45) is 3.84. The number of rotatable bonds is 3. The van der Waals surface area contributed by atoms with Gasteiger partial charge in [0.2, 0.25) is 0 Å². The molecule has 2 aromatic carbocycles. The van der Waals surface area contributed by atoms with Crippen molar-refractivity contribution in [3.8, 4) is 0 Å². The molecule has 0 aliphatic carbocycles. The van der Waals surface area contributed by atoms with Gasteiger partial charge in [-0.2, -0.15) is 0 Å². The fourth-order valence-corrected chi connectivity index (χ4v) is 3.59. The van der Waals surface area contributed by atoms with Crippen molar-refractivity contribution in [3.05, 3.63) is 57.7 Å². The topological polar surface area (TPSA) is 32.3 Å². The molecule has 0 aromatic heterocycles. The van der Waals surface area contributed by atoms with Crippen molar-refractivity contribution in [3.63, 3.8) is 0 Å². The Balaban J connectivity index is 1.69. The third-order valence-corrected chi connectivity index (χ3v) is 5.02. The summed E-state index contributed by atoms with van der Waals surface area (Å²) in [5.41, 5.74) is 2.76. The van der Waals surface area contributed by atoms with Gasteiger partial charge in [-0.25, -0.2) is 0 Å². The number of hydrogen-bond donors (Lipinski definition) is 1. The van der Waals surface area contributed by atoms with Crippen LogP contribution in [0.15, 0.2) is 48.5 Å². The fourth-order valence-electron chi connectivity index (χ4n) is 3.05. The lowest BCUT2D eigenvalue weighted by molar-refractivity contribution is 0.102. The lowest BCUT2D eigenvalue weighted by Gasteiger charge is -2.35. The molecule has 0 spiro atoms.